The number of urea groups is 1. The molecule has 4 rings (SSSR count). The molecule has 1 aliphatic heterocycles. The number of rotatable bonds is 3. The van der Waals surface area contributed by atoms with Gasteiger partial charge in [0.15, 0.2) is 5.82 Å². The molecule has 2 fully saturated rings. The molecule has 1 saturated carbocycles. The Hall–Kier alpha value is -2.37. The molecule has 1 aromatic heterocycles. The first-order valence-electron chi connectivity index (χ1n) is 9.27. The van der Waals surface area contributed by atoms with E-state index in [1.165, 1.54) is 24.8 Å². The third-order valence-corrected chi connectivity index (χ3v) is 5.41. The number of hydrogen-bond acceptors (Lipinski definition) is 3. The summed E-state index contributed by atoms with van der Waals surface area (Å²) in [5, 5.41) is 10.2. The highest BCUT2D eigenvalue weighted by atomic mass is 16.2. The summed E-state index contributed by atoms with van der Waals surface area (Å²) in [5.41, 5.74) is 2.24. The fourth-order valence-electron chi connectivity index (χ4n) is 3.73. The lowest BCUT2D eigenvalue weighted by atomic mass is 9.80. The number of aromatic nitrogens is 3. The summed E-state index contributed by atoms with van der Waals surface area (Å²) in [6, 6.07) is 8.21. The van der Waals surface area contributed by atoms with Crippen LogP contribution in [0.3, 0.4) is 0 Å². The smallest absolute Gasteiger partial charge is 0.314 e. The number of benzene rings is 1. The Morgan fingerprint density at radius 2 is 1.96 bits per heavy atom. The SMILES string of the molecule is Cc1nc([C@H]2CCCCN2C(=O)Nc2ccc(C3CCC3)cc2)n[nH]1. The van der Waals surface area contributed by atoms with E-state index < -0.39 is 0 Å². The highest BCUT2D eigenvalue weighted by molar-refractivity contribution is 5.89. The van der Waals surface area contributed by atoms with Crippen LogP contribution in [0, 0.1) is 6.92 Å². The molecule has 2 N–H and O–H groups in total. The molecule has 132 valence electrons. The maximum Gasteiger partial charge on any atom is 0.322 e. The van der Waals surface area contributed by atoms with Crippen LogP contribution in [-0.2, 0) is 0 Å². The first-order chi connectivity index (χ1) is 12.2. The number of likely N-dealkylation sites (tertiary alicyclic amines) is 1. The van der Waals surface area contributed by atoms with Gasteiger partial charge in [-0.15, -0.1) is 0 Å². The van der Waals surface area contributed by atoms with Crippen molar-refractivity contribution in [2.45, 2.75) is 57.4 Å². The van der Waals surface area contributed by atoms with Crippen LogP contribution in [0.1, 0.15) is 67.7 Å². The molecule has 0 bridgehead atoms. The van der Waals surface area contributed by atoms with Gasteiger partial charge in [0.05, 0.1) is 6.04 Å². The van der Waals surface area contributed by atoms with Crippen molar-refractivity contribution < 1.29 is 4.79 Å². The minimum absolute atomic E-state index is 0.0482. The molecule has 2 heterocycles. The summed E-state index contributed by atoms with van der Waals surface area (Å²) in [5.74, 6) is 2.21. The van der Waals surface area contributed by atoms with E-state index in [9.17, 15) is 4.79 Å². The normalized spacial score (nSPS) is 21.0. The topological polar surface area (TPSA) is 73.9 Å². The molecule has 0 radical (unpaired) electrons. The van der Waals surface area contributed by atoms with Gasteiger partial charge in [-0.05, 0) is 62.6 Å². The van der Waals surface area contributed by atoms with Gasteiger partial charge >= 0.3 is 6.03 Å². The lowest BCUT2D eigenvalue weighted by molar-refractivity contribution is 0.159. The summed E-state index contributed by atoms with van der Waals surface area (Å²) in [6.45, 7) is 2.62. The monoisotopic (exact) mass is 339 g/mol. The van der Waals surface area contributed by atoms with Gasteiger partial charge in [-0.2, -0.15) is 5.10 Å². The number of nitrogens with one attached hydrogen (secondary N) is 2. The van der Waals surface area contributed by atoms with Crippen molar-refractivity contribution in [3.05, 3.63) is 41.5 Å². The fraction of sp³-hybridized carbons (Fsp3) is 0.526. The maximum absolute atomic E-state index is 12.8. The van der Waals surface area contributed by atoms with E-state index in [1.54, 1.807) is 0 Å². The maximum atomic E-state index is 12.8. The Morgan fingerprint density at radius 1 is 1.16 bits per heavy atom. The van der Waals surface area contributed by atoms with Crippen LogP contribution in [-0.4, -0.2) is 32.7 Å². The summed E-state index contributed by atoms with van der Waals surface area (Å²) in [6.07, 6.45) is 6.94. The van der Waals surface area contributed by atoms with Crippen LogP contribution in [0.2, 0.25) is 0 Å². The summed E-state index contributed by atoms with van der Waals surface area (Å²) in [4.78, 5) is 19.1. The van der Waals surface area contributed by atoms with Crippen molar-refractivity contribution in [2.75, 3.05) is 11.9 Å². The Morgan fingerprint density at radius 3 is 2.60 bits per heavy atom. The molecule has 6 nitrogen and oxygen atoms in total. The van der Waals surface area contributed by atoms with E-state index in [2.05, 4.69) is 32.6 Å². The van der Waals surface area contributed by atoms with E-state index in [4.69, 9.17) is 0 Å². The van der Waals surface area contributed by atoms with E-state index in [1.807, 2.05) is 24.0 Å². The minimum atomic E-state index is -0.0662. The van der Waals surface area contributed by atoms with Crippen molar-refractivity contribution in [2.24, 2.45) is 0 Å². The Kier molecular flexibility index (Phi) is 4.42. The van der Waals surface area contributed by atoms with Gasteiger partial charge in [0.2, 0.25) is 0 Å². The van der Waals surface area contributed by atoms with Crippen LogP contribution in [0.4, 0.5) is 10.5 Å². The Balaban J connectivity index is 1.45. The zero-order chi connectivity index (χ0) is 17.2. The quantitative estimate of drug-likeness (QED) is 0.882. The fourth-order valence-corrected chi connectivity index (χ4v) is 3.73. The highest BCUT2D eigenvalue weighted by Crippen LogP contribution is 2.36. The molecule has 25 heavy (non-hydrogen) atoms. The minimum Gasteiger partial charge on any atom is -0.314 e. The summed E-state index contributed by atoms with van der Waals surface area (Å²) in [7, 11) is 0. The summed E-state index contributed by atoms with van der Waals surface area (Å²) >= 11 is 0. The standard InChI is InChI=1S/C19H25N5O/c1-13-20-18(23-22-13)17-7-2-3-12-24(17)19(25)21-16-10-8-15(9-11-16)14-5-4-6-14/h8-11,14,17H,2-7,12H2,1H3,(H,21,25)(H,20,22,23)/t17-/m1/s1. The third kappa shape index (κ3) is 3.38. The van der Waals surface area contributed by atoms with Crippen molar-refractivity contribution in [1.82, 2.24) is 20.1 Å². The zero-order valence-electron chi connectivity index (χ0n) is 14.7. The second-order valence-electron chi connectivity index (χ2n) is 7.16. The molecule has 0 unspecified atom stereocenters. The van der Waals surface area contributed by atoms with Gasteiger partial charge < -0.3 is 10.2 Å². The van der Waals surface area contributed by atoms with E-state index in [-0.39, 0.29) is 12.1 Å². The first kappa shape index (κ1) is 16.1. The number of carbonyl (C=O) groups excluding carboxylic acids is 1. The molecule has 1 saturated heterocycles. The van der Waals surface area contributed by atoms with Crippen molar-refractivity contribution in [1.29, 1.82) is 0 Å². The van der Waals surface area contributed by atoms with Gasteiger partial charge in [0.25, 0.3) is 0 Å². The van der Waals surface area contributed by atoms with E-state index in [0.29, 0.717) is 11.7 Å². The van der Waals surface area contributed by atoms with E-state index >= 15 is 0 Å². The largest absolute Gasteiger partial charge is 0.322 e. The van der Waals surface area contributed by atoms with Crippen molar-refractivity contribution in [3.63, 3.8) is 0 Å². The number of H-pyrrole nitrogens is 1. The van der Waals surface area contributed by atoms with Crippen LogP contribution < -0.4 is 5.32 Å². The van der Waals surface area contributed by atoms with E-state index in [0.717, 1.165) is 37.3 Å². The van der Waals surface area contributed by atoms with Crippen LogP contribution in [0.5, 0.6) is 0 Å². The number of amides is 2. The Labute approximate surface area is 148 Å². The van der Waals surface area contributed by atoms with Crippen LogP contribution in [0.15, 0.2) is 24.3 Å². The first-order valence-corrected chi connectivity index (χ1v) is 9.27. The van der Waals surface area contributed by atoms with Crippen molar-refractivity contribution >= 4 is 11.7 Å². The van der Waals surface area contributed by atoms with Crippen LogP contribution >= 0.6 is 0 Å². The molecular weight excluding hydrogens is 314 g/mol. The predicted molar refractivity (Wildman–Crippen MR) is 96.5 cm³/mol. The number of carbonyl (C=O) groups is 1. The number of aryl methyl sites for hydroxylation is 1. The number of anilines is 1. The number of nitrogens with zero attached hydrogens (tertiary/aromatic N) is 3. The molecule has 1 aliphatic carbocycles. The van der Waals surface area contributed by atoms with Crippen molar-refractivity contribution in [3.8, 4) is 0 Å². The number of piperidine rings is 1. The van der Waals surface area contributed by atoms with Gasteiger partial charge in [0, 0.05) is 12.2 Å². The molecule has 1 atom stereocenters. The molecule has 2 amide bonds. The number of aromatic amines is 1. The predicted octanol–water partition coefficient (Wildman–Crippen LogP) is 4.14. The molecule has 6 heteroatoms. The van der Waals surface area contributed by atoms with Crippen LogP contribution in [0.25, 0.3) is 0 Å². The molecular formula is C19H25N5O. The second kappa shape index (κ2) is 6.86. The van der Waals surface area contributed by atoms with Gasteiger partial charge in [-0.25, -0.2) is 9.78 Å². The van der Waals surface area contributed by atoms with Gasteiger partial charge in [-0.1, -0.05) is 18.6 Å². The summed E-state index contributed by atoms with van der Waals surface area (Å²) < 4.78 is 0. The second-order valence-corrected chi connectivity index (χ2v) is 7.16. The van der Waals surface area contributed by atoms with Gasteiger partial charge in [0.1, 0.15) is 5.82 Å². The molecule has 2 aliphatic rings. The lowest BCUT2D eigenvalue weighted by Gasteiger charge is -2.34. The molecule has 0 spiro atoms. The molecule has 2 aromatic rings. The Bertz CT molecular complexity index is 735. The zero-order valence-corrected chi connectivity index (χ0v) is 14.7. The average molecular weight is 339 g/mol. The van der Waals surface area contributed by atoms with Gasteiger partial charge in [-0.3, -0.25) is 5.10 Å². The lowest BCUT2D eigenvalue weighted by Crippen LogP contribution is -2.41. The molecule has 1 aromatic carbocycles. The number of hydrogen-bond donors (Lipinski definition) is 2. The highest BCUT2D eigenvalue weighted by Gasteiger charge is 2.30. The third-order valence-electron chi connectivity index (χ3n) is 5.41. The average Bonchev–Trinajstić information content (AvgIpc) is 3.01.